The average Bonchev–Trinajstić information content (AvgIpc) is 2.89. The number of carbonyl (C=O) groups is 3. The Morgan fingerprint density at radius 2 is 1.68 bits per heavy atom. The van der Waals surface area contributed by atoms with Crippen LogP contribution in [0.1, 0.15) is 56.5 Å². The average molecular weight is 304 g/mol. The molecule has 0 aromatic heterocycles. The number of carbonyl (C=O) groups excluding carboxylic acids is 3. The third-order valence-electron chi connectivity index (χ3n) is 3.44. The minimum absolute atomic E-state index is 0.125. The maximum absolute atomic E-state index is 12.2. The van der Waals surface area contributed by atoms with Crippen molar-refractivity contribution in [1.82, 2.24) is 10.2 Å². The summed E-state index contributed by atoms with van der Waals surface area (Å²) in [5, 5.41) is 2.28. The van der Waals surface area contributed by atoms with E-state index >= 15 is 0 Å². The summed E-state index contributed by atoms with van der Waals surface area (Å²) in [7, 11) is 0. The van der Waals surface area contributed by atoms with Gasteiger partial charge in [-0.3, -0.25) is 19.7 Å². The standard InChI is InChI=1S/C13H12N2O3.2C2H6/c16-11-6-5-10(12(17)14-11)15-7-8-3-1-2-4-9(8)13(15)18;2*1-2/h1-4,10H,5-7H2,(H,14,16,17);2*1-2H3. The number of piperidine rings is 1. The van der Waals surface area contributed by atoms with E-state index in [4.69, 9.17) is 0 Å². The lowest BCUT2D eigenvalue weighted by Crippen LogP contribution is -2.52. The van der Waals surface area contributed by atoms with Crippen LogP contribution in [0.4, 0.5) is 0 Å². The fourth-order valence-electron chi connectivity index (χ4n) is 2.51. The Balaban J connectivity index is 0.000000561. The number of nitrogens with zero attached hydrogens (tertiary/aromatic N) is 1. The van der Waals surface area contributed by atoms with E-state index in [1.54, 1.807) is 11.0 Å². The maximum atomic E-state index is 12.2. The lowest BCUT2D eigenvalue weighted by Gasteiger charge is -2.29. The van der Waals surface area contributed by atoms with Crippen molar-refractivity contribution in [2.45, 2.75) is 53.1 Å². The molecule has 1 aromatic rings. The van der Waals surface area contributed by atoms with Crippen LogP contribution in [0.5, 0.6) is 0 Å². The van der Waals surface area contributed by atoms with Gasteiger partial charge in [-0.2, -0.15) is 0 Å². The predicted molar refractivity (Wildman–Crippen MR) is 85.2 cm³/mol. The molecule has 5 heteroatoms. The minimum Gasteiger partial charge on any atom is -0.322 e. The first-order valence-electron chi connectivity index (χ1n) is 7.89. The molecule has 22 heavy (non-hydrogen) atoms. The molecule has 1 unspecified atom stereocenters. The highest BCUT2D eigenvalue weighted by molar-refractivity contribution is 6.05. The van der Waals surface area contributed by atoms with Crippen LogP contribution in [-0.2, 0) is 16.1 Å². The number of amides is 3. The Kier molecular flexibility index (Phi) is 6.76. The molecule has 1 aromatic carbocycles. The topological polar surface area (TPSA) is 66.5 Å². The molecule has 2 heterocycles. The first-order chi connectivity index (χ1) is 10.7. The normalized spacial score (nSPS) is 19.4. The SMILES string of the molecule is CC.CC.O=C1CCC(N2Cc3ccccc3C2=O)C(=O)N1. The highest BCUT2D eigenvalue weighted by atomic mass is 16.2. The van der Waals surface area contributed by atoms with Gasteiger partial charge in [0.1, 0.15) is 6.04 Å². The van der Waals surface area contributed by atoms with Crippen molar-refractivity contribution in [2.24, 2.45) is 0 Å². The smallest absolute Gasteiger partial charge is 0.255 e. The van der Waals surface area contributed by atoms with Crippen LogP contribution in [0.2, 0.25) is 0 Å². The Bertz CT molecular complexity index is 555. The predicted octanol–water partition coefficient (Wildman–Crippen LogP) is 2.50. The van der Waals surface area contributed by atoms with Crippen molar-refractivity contribution < 1.29 is 14.4 Å². The molecule has 1 N–H and O–H groups in total. The van der Waals surface area contributed by atoms with E-state index in [0.717, 1.165) is 5.56 Å². The molecule has 5 nitrogen and oxygen atoms in total. The molecule has 1 atom stereocenters. The van der Waals surface area contributed by atoms with Crippen LogP contribution in [0.15, 0.2) is 24.3 Å². The van der Waals surface area contributed by atoms with Crippen LogP contribution >= 0.6 is 0 Å². The summed E-state index contributed by atoms with van der Waals surface area (Å²) in [6, 6.07) is 6.82. The zero-order valence-corrected chi connectivity index (χ0v) is 13.7. The van der Waals surface area contributed by atoms with Gasteiger partial charge in [-0.15, -0.1) is 0 Å². The molecule has 0 radical (unpaired) electrons. The van der Waals surface area contributed by atoms with Crippen LogP contribution < -0.4 is 5.32 Å². The number of hydrogen-bond acceptors (Lipinski definition) is 3. The van der Waals surface area contributed by atoms with Gasteiger partial charge in [0.05, 0.1) is 0 Å². The number of rotatable bonds is 1. The van der Waals surface area contributed by atoms with E-state index in [0.29, 0.717) is 18.5 Å². The van der Waals surface area contributed by atoms with Crippen molar-refractivity contribution in [3.63, 3.8) is 0 Å². The first kappa shape index (κ1) is 17.9. The molecule has 1 saturated heterocycles. The molecule has 3 amide bonds. The highest BCUT2D eigenvalue weighted by Crippen LogP contribution is 2.26. The fourth-order valence-corrected chi connectivity index (χ4v) is 2.51. The fraction of sp³-hybridized carbons (Fsp3) is 0.471. The Hall–Kier alpha value is -2.17. The molecule has 3 rings (SSSR count). The zero-order valence-electron chi connectivity index (χ0n) is 13.7. The summed E-state index contributed by atoms with van der Waals surface area (Å²) in [5.74, 6) is -0.757. The van der Waals surface area contributed by atoms with Crippen molar-refractivity contribution >= 4 is 17.7 Å². The van der Waals surface area contributed by atoms with Crippen LogP contribution in [0, 0.1) is 0 Å². The number of benzene rings is 1. The molecular formula is C17H24N2O3. The molecule has 1 fully saturated rings. The molecule has 2 aliphatic heterocycles. The molecule has 0 saturated carbocycles. The van der Waals surface area contributed by atoms with Gasteiger partial charge < -0.3 is 4.90 Å². The molecule has 2 aliphatic rings. The molecule has 0 bridgehead atoms. The minimum atomic E-state index is -0.525. The quantitative estimate of drug-likeness (QED) is 0.811. The Morgan fingerprint density at radius 3 is 2.27 bits per heavy atom. The second kappa shape index (κ2) is 8.32. The summed E-state index contributed by atoms with van der Waals surface area (Å²) in [4.78, 5) is 36.6. The van der Waals surface area contributed by atoms with Gasteiger partial charge in [0.15, 0.2) is 0 Å². The summed E-state index contributed by atoms with van der Waals surface area (Å²) in [5.41, 5.74) is 1.59. The van der Waals surface area contributed by atoms with Gasteiger partial charge >= 0.3 is 0 Å². The van der Waals surface area contributed by atoms with Crippen molar-refractivity contribution in [1.29, 1.82) is 0 Å². The summed E-state index contributed by atoms with van der Waals surface area (Å²) >= 11 is 0. The largest absolute Gasteiger partial charge is 0.322 e. The van der Waals surface area contributed by atoms with Gasteiger partial charge in [-0.25, -0.2) is 0 Å². The third kappa shape index (κ3) is 3.53. The van der Waals surface area contributed by atoms with Crippen molar-refractivity contribution in [2.75, 3.05) is 0 Å². The van der Waals surface area contributed by atoms with Gasteiger partial charge in [0.2, 0.25) is 11.8 Å². The number of imide groups is 1. The monoisotopic (exact) mass is 304 g/mol. The van der Waals surface area contributed by atoms with E-state index in [2.05, 4.69) is 5.32 Å². The number of nitrogens with one attached hydrogen (secondary N) is 1. The van der Waals surface area contributed by atoms with E-state index in [9.17, 15) is 14.4 Å². The van der Waals surface area contributed by atoms with Crippen LogP contribution in [0.3, 0.4) is 0 Å². The first-order valence-corrected chi connectivity index (χ1v) is 7.89. The van der Waals surface area contributed by atoms with E-state index < -0.39 is 6.04 Å². The van der Waals surface area contributed by atoms with E-state index in [1.165, 1.54) is 0 Å². The number of fused-ring (bicyclic) bond motifs is 1. The van der Waals surface area contributed by atoms with Crippen LogP contribution in [0.25, 0.3) is 0 Å². The van der Waals surface area contributed by atoms with Crippen molar-refractivity contribution in [3.8, 4) is 0 Å². The van der Waals surface area contributed by atoms with Gasteiger partial charge in [0, 0.05) is 18.5 Å². The summed E-state index contributed by atoms with van der Waals surface area (Å²) in [6.45, 7) is 8.45. The van der Waals surface area contributed by atoms with Crippen molar-refractivity contribution in [3.05, 3.63) is 35.4 Å². The zero-order chi connectivity index (χ0) is 16.7. The van der Waals surface area contributed by atoms with Gasteiger partial charge in [0.25, 0.3) is 5.91 Å². The van der Waals surface area contributed by atoms with Gasteiger partial charge in [-0.1, -0.05) is 45.9 Å². The third-order valence-corrected chi connectivity index (χ3v) is 3.44. The summed E-state index contributed by atoms with van der Waals surface area (Å²) in [6.07, 6.45) is 0.695. The van der Waals surface area contributed by atoms with E-state index in [-0.39, 0.29) is 24.1 Å². The number of hydrogen-bond donors (Lipinski definition) is 1. The second-order valence-electron chi connectivity index (χ2n) is 4.56. The second-order valence-corrected chi connectivity index (χ2v) is 4.56. The lowest BCUT2D eigenvalue weighted by molar-refractivity contribution is -0.136. The molecule has 0 aliphatic carbocycles. The van der Waals surface area contributed by atoms with Gasteiger partial charge in [-0.05, 0) is 18.1 Å². The van der Waals surface area contributed by atoms with Crippen LogP contribution in [-0.4, -0.2) is 28.7 Å². The Morgan fingerprint density at radius 1 is 1.05 bits per heavy atom. The maximum Gasteiger partial charge on any atom is 0.255 e. The Labute approximate surface area is 131 Å². The lowest BCUT2D eigenvalue weighted by atomic mass is 10.0. The molecule has 120 valence electrons. The molecule has 0 spiro atoms. The summed E-state index contributed by atoms with van der Waals surface area (Å²) < 4.78 is 0. The highest BCUT2D eigenvalue weighted by Gasteiger charge is 2.38. The van der Waals surface area contributed by atoms with E-state index in [1.807, 2.05) is 45.9 Å². The molecular weight excluding hydrogens is 280 g/mol.